The Kier molecular flexibility index (Phi) is 3.76. The van der Waals surface area contributed by atoms with Crippen LogP contribution < -0.4 is 9.64 Å². The molecule has 2 aliphatic heterocycles. The Hall–Kier alpha value is -3.96. The van der Waals surface area contributed by atoms with Crippen LogP contribution in [0.4, 0.5) is 16.4 Å². The maximum atomic E-state index is 13.0. The van der Waals surface area contributed by atoms with E-state index in [2.05, 4.69) is 36.9 Å². The van der Waals surface area contributed by atoms with Gasteiger partial charge in [-0.15, -0.1) is 11.3 Å². The topological polar surface area (TPSA) is 46.6 Å². The molecule has 0 N–H and O–H groups in total. The van der Waals surface area contributed by atoms with Crippen molar-refractivity contribution in [1.82, 2.24) is 0 Å². The Balaban J connectivity index is 1.44. The van der Waals surface area contributed by atoms with Gasteiger partial charge in [-0.2, -0.15) is 0 Å². The van der Waals surface area contributed by atoms with Gasteiger partial charge in [-0.1, -0.05) is 62.4 Å². The average molecular weight is 462 g/mol. The van der Waals surface area contributed by atoms with Crippen molar-refractivity contribution in [2.24, 2.45) is 0 Å². The summed E-state index contributed by atoms with van der Waals surface area (Å²) in [5.41, 5.74) is 5.33. The predicted molar refractivity (Wildman–Crippen MR) is 134 cm³/mol. The zero-order valence-corrected chi connectivity index (χ0v) is 19.4. The van der Waals surface area contributed by atoms with Crippen LogP contribution in [0, 0.1) is 0 Å². The van der Waals surface area contributed by atoms with Gasteiger partial charge < -0.3 is 4.74 Å². The Morgan fingerprint density at radius 2 is 1.50 bits per heavy atom. The van der Waals surface area contributed by atoms with E-state index in [1.807, 2.05) is 30.3 Å². The molecule has 0 fully saturated rings. The molecule has 3 heterocycles. The highest BCUT2D eigenvalue weighted by Crippen LogP contribution is 2.61. The van der Waals surface area contributed by atoms with Crippen LogP contribution in [0.3, 0.4) is 0 Å². The molecule has 1 aromatic heterocycles. The van der Waals surface area contributed by atoms with E-state index >= 15 is 0 Å². The van der Waals surface area contributed by atoms with Gasteiger partial charge in [0, 0.05) is 21.4 Å². The highest BCUT2D eigenvalue weighted by Gasteiger charge is 2.43. The average Bonchev–Trinajstić information content (AvgIpc) is 3.38. The normalized spacial score (nSPS) is 16.4. The van der Waals surface area contributed by atoms with Gasteiger partial charge in [-0.25, -0.2) is 0 Å². The molecule has 4 aromatic rings. The minimum Gasteiger partial charge on any atom is -0.453 e. The number of allylic oxidation sites excluding steroid dienone is 1. The van der Waals surface area contributed by atoms with Crippen LogP contribution in [-0.2, 0) is 5.41 Å². The molecular formula is C29H19NO3S. The summed E-state index contributed by atoms with van der Waals surface area (Å²) < 4.78 is 6.27. The van der Waals surface area contributed by atoms with Gasteiger partial charge in [0.15, 0.2) is 23.1 Å². The van der Waals surface area contributed by atoms with Crippen LogP contribution in [-0.4, -0.2) is 11.6 Å². The van der Waals surface area contributed by atoms with Crippen molar-refractivity contribution in [2.75, 3.05) is 4.90 Å². The van der Waals surface area contributed by atoms with Crippen LogP contribution in [0.15, 0.2) is 78.4 Å². The molecule has 34 heavy (non-hydrogen) atoms. The summed E-state index contributed by atoms with van der Waals surface area (Å²) in [5.74, 6) is 1.24. The van der Waals surface area contributed by atoms with E-state index in [0.29, 0.717) is 11.1 Å². The van der Waals surface area contributed by atoms with E-state index in [-0.39, 0.29) is 22.6 Å². The highest BCUT2D eigenvalue weighted by atomic mass is 32.1. The number of anilines is 3. The molecule has 0 unspecified atom stereocenters. The van der Waals surface area contributed by atoms with E-state index in [0.717, 1.165) is 32.8 Å². The zero-order chi connectivity index (χ0) is 23.2. The molecule has 0 saturated heterocycles. The van der Waals surface area contributed by atoms with E-state index in [1.54, 1.807) is 41.7 Å². The lowest BCUT2D eigenvalue weighted by atomic mass is 9.75. The Morgan fingerprint density at radius 3 is 2.26 bits per heavy atom. The van der Waals surface area contributed by atoms with Gasteiger partial charge in [0.2, 0.25) is 0 Å². The monoisotopic (exact) mass is 461 g/mol. The number of carbonyl (C=O) groups excluding carboxylic acids is 2. The maximum Gasteiger partial charge on any atom is 0.197 e. The number of ether oxygens (including phenoxy) is 1. The van der Waals surface area contributed by atoms with Crippen molar-refractivity contribution in [2.45, 2.75) is 19.3 Å². The molecule has 0 atom stereocenters. The van der Waals surface area contributed by atoms with Crippen LogP contribution in [0.25, 0.3) is 6.08 Å². The number of nitrogens with zero attached hydrogens (tertiary/aromatic N) is 1. The van der Waals surface area contributed by atoms with Gasteiger partial charge in [0.25, 0.3) is 0 Å². The minimum atomic E-state index is -0.271. The van der Waals surface area contributed by atoms with Gasteiger partial charge in [-0.05, 0) is 41.5 Å². The third-order valence-electron chi connectivity index (χ3n) is 7.02. The van der Waals surface area contributed by atoms with Gasteiger partial charge in [0.05, 0.1) is 16.9 Å². The molecule has 0 bridgehead atoms. The summed E-state index contributed by atoms with van der Waals surface area (Å²) >= 11 is 1.60. The van der Waals surface area contributed by atoms with Crippen molar-refractivity contribution >= 4 is 45.4 Å². The number of carbonyl (C=O) groups is 2. The zero-order valence-electron chi connectivity index (χ0n) is 18.6. The first-order chi connectivity index (χ1) is 16.4. The minimum absolute atomic E-state index is 0.200. The van der Waals surface area contributed by atoms with Crippen LogP contribution in [0.2, 0.25) is 0 Å². The summed E-state index contributed by atoms with van der Waals surface area (Å²) in [6.07, 6.45) is 1.77. The second-order valence-corrected chi connectivity index (χ2v) is 10.4. The fourth-order valence-electron chi connectivity index (χ4n) is 5.29. The molecule has 0 saturated carbocycles. The Bertz CT molecular complexity index is 1570. The van der Waals surface area contributed by atoms with Gasteiger partial charge in [0.1, 0.15) is 5.00 Å². The van der Waals surface area contributed by atoms with E-state index in [9.17, 15) is 9.59 Å². The summed E-state index contributed by atoms with van der Waals surface area (Å²) in [7, 11) is 0. The number of fused-ring (bicyclic) bond motifs is 5. The first kappa shape index (κ1) is 19.5. The van der Waals surface area contributed by atoms with Gasteiger partial charge in [-0.3, -0.25) is 14.5 Å². The number of para-hydroxylation sites is 3. The lowest BCUT2D eigenvalue weighted by Gasteiger charge is -2.43. The molecule has 5 heteroatoms. The molecule has 0 spiro atoms. The fraction of sp³-hybridized carbons (Fsp3) is 0.103. The van der Waals surface area contributed by atoms with E-state index in [1.165, 1.54) is 11.1 Å². The number of hydrogen-bond donors (Lipinski definition) is 0. The second kappa shape index (κ2) is 6.55. The fourth-order valence-corrected chi connectivity index (χ4v) is 6.58. The lowest BCUT2D eigenvalue weighted by Crippen LogP contribution is -2.31. The maximum absolute atomic E-state index is 13.0. The van der Waals surface area contributed by atoms with Crippen molar-refractivity contribution in [3.8, 4) is 11.5 Å². The Morgan fingerprint density at radius 1 is 0.824 bits per heavy atom. The van der Waals surface area contributed by atoms with Crippen molar-refractivity contribution in [3.05, 3.63) is 106 Å². The molecule has 3 aliphatic rings. The number of rotatable bonds is 1. The third-order valence-corrected chi connectivity index (χ3v) is 8.09. The van der Waals surface area contributed by atoms with Crippen LogP contribution in [0.5, 0.6) is 11.5 Å². The SMILES string of the molecule is CC1(C)c2cc(C=C3C(=O)c4ccccc4C3=O)sc2N2c3ccccc3Oc3cccc1c32. The highest BCUT2D eigenvalue weighted by molar-refractivity contribution is 7.17. The third kappa shape index (κ3) is 2.42. The molecule has 1 aliphatic carbocycles. The number of hydrogen-bond acceptors (Lipinski definition) is 5. The lowest BCUT2D eigenvalue weighted by molar-refractivity contribution is 0.0990. The first-order valence-corrected chi connectivity index (χ1v) is 12.0. The van der Waals surface area contributed by atoms with E-state index < -0.39 is 0 Å². The number of Topliss-reactive ketones (excluding diaryl/α,β-unsaturated/α-hetero) is 2. The summed E-state index contributed by atoms with van der Waals surface area (Å²) in [4.78, 5) is 29.1. The summed E-state index contributed by atoms with van der Waals surface area (Å²) in [6, 6.07) is 23.4. The molecular weight excluding hydrogens is 442 g/mol. The first-order valence-electron chi connectivity index (χ1n) is 11.2. The van der Waals surface area contributed by atoms with E-state index in [4.69, 9.17) is 4.74 Å². The largest absolute Gasteiger partial charge is 0.453 e. The number of thiophene rings is 1. The Labute approximate surface area is 200 Å². The molecule has 3 aromatic carbocycles. The van der Waals surface area contributed by atoms with Crippen LogP contribution >= 0.6 is 11.3 Å². The number of ketones is 2. The molecule has 7 rings (SSSR count). The van der Waals surface area contributed by atoms with Crippen molar-refractivity contribution < 1.29 is 14.3 Å². The van der Waals surface area contributed by atoms with Crippen molar-refractivity contribution in [1.29, 1.82) is 0 Å². The van der Waals surface area contributed by atoms with Gasteiger partial charge >= 0.3 is 0 Å². The summed E-state index contributed by atoms with van der Waals surface area (Å²) in [6.45, 7) is 4.43. The quantitative estimate of drug-likeness (QED) is 0.192. The molecule has 0 amide bonds. The number of benzene rings is 3. The van der Waals surface area contributed by atoms with Crippen molar-refractivity contribution in [3.63, 3.8) is 0 Å². The summed E-state index contributed by atoms with van der Waals surface area (Å²) in [5, 5.41) is 1.09. The molecule has 0 radical (unpaired) electrons. The second-order valence-electron chi connectivity index (χ2n) is 9.31. The predicted octanol–water partition coefficient (Wildman–Crippen LogP) is 7.43. The smallest absolute Gasteiger partial charge is 0.197 e. The van der Waals surface area contributed by atoms with Crippen LogP contribution in [0.1, 0.15) is 50.6 Å². The molecule has 4 nitrogen and oxygen atoms in total. The molecule has 164 valence electrons. The standard InChI is InChI=1S/C29H19NO3S/c1-29(2)20-10-7-13-24-25(20)30(22-11-5-6-12-23(22)33-24)28-21(29)15-16(34-28)14-19-26(31)17-8-3-4-9-18(17)27(19)32/h3-15H,1-2H3.